The Labute approximate surface area is 85.1 Å². The summed E-state index contributed by atoms with van der Waals surface area (Å²) in [5.74, 6) is 0. The summed E-state index contributed by atoms with van der Waals surface area (Å²) < 4.78 is 6.42. The van der Waals surface area contributed by atoms with E-state index >= 15 is 0 Å². The fourth-order valence-corrected chi connectivity index (χ4v) is 1.61. The van der Waals surface area contributed by atoms with Crippen LogP contribution in [0.3, 0.4) is 0 Å². The zero-order chi connectivity index (χ0) is 11.0. The summed E-state index contributed by atoms with van der Waals surface area (Å²) in [6, 6.07) is 0. The molecule has 0 bridgehead atoms. The molecule has 1 aliphatic rings. The van der Waals surface area contributed by atoms with Crippen LogP contribution < -0.4 is 11.2 Å². The molecular weight excluding hydrogens is 200 g/mol. The largest absolute Gasteiger partial charge is 0.368 e. The first-order valence-electron chi connectivity index (χ1n) is 4.73. The predicted octanol–water partition coefficient (Wildman–Crippen LogP) is -0.528. The second-order valence-electron chi connectivity index (χ2n) is 3.60. The first kappa shape index (κ1) is 10.1. The normalized spacial score (nSPS) is 25.7. The summed E-state index contributed by atoms with van der Waals surface area (Å²) in [6.07, 6.45) is 1.20. The fourth-order valence-electron chi connectivity index (χ4n) is 1.61. The first-order valence-corrected chi connectivity index (χ1v) is 4.73. The van der Waals surface area contributed by atoms with E-state index in [0.717, 1.165) is 0 Å². The molecule has 2 N–H and O–H groups in total. The number of nitrogens with one attached hydrogen (secondary N) is 1. The maximum absolute atomic E-state index is 11.4. The van der Waals surface area contributed by atoms with Gasteiger partial charge in [-0.25, -0.2) is 4.79 Å². The molecule has 0 aliphatic carbocycles. The van der Waals surface area contributed by atoms with Crippen LogP contribution in [0.5, 0.6) is 0 Å². The van der Waals surface area contributed by atoms with E-state index in [1.807, 2.05) is 0 Å². The Morgan fingerprint density at radius 3 is 2.87 bits per heavy atom. The maximum Gasteiger partial charge on any atom is 0.330 e. The third-order valence-electron chi connectivity index (χ3n) is 2.43. The van der Waals surface area contributed by atoms with Gasteiger partial charge in [-0.1, -0.05) is 0 Å². The molecule has 0 radical (unpaired) electrons. The average molecular weight is 212 g/mol. The lowest BCUT2D eigenvalue weighted by Crippen LogP contribution is -2.33. The van der Waals surface area contributed by atoms with Crippen molar-refractivity contribution in [1.82, 2.24) is 9.55 Å². The van der Waals surface area contributed by atoms with E-state index in [0.29, 0.717) is 18.4 Å². The predicted molar refractivity (Wildman–Crippen MR) is 51.4 cm³/mol. The summed E-state index contributed by atoms with van der Waals surface area (Å²) in [5, 5.41) is 9.17. The van der Waals surface area contributed by atoms with Crippen LogP contribution in [0.15, 0.2) is 15.8 Å². The standard InChI is InChI=1S/C9H12N2O4/c1-5-4-11(9(14)10-8(5)13)6-2-3-7(12)15-6/h4,6-7,12H,2-3H2,1H3,(H,10,13,14)/t6-,7+/m1/s1. The van der Waals surface area contributed by atoms with Crippen LogP contribution >= 0.6 is 0 Å². The van der Waals surface area contributed by atoms with Gasteiger partial charge in [0.05, 0.1) is 0 Å². The highest BCUT2D eigenvalue weighted by Gasteiger charge is 2.25. The summed E-state index contributed by atoms with van der Waals surface area (Å²) in [6.45, 7) is 1.61. The molecule has 0 saturated carbocycles. The number of rotatable bonds is 1. The van der Waals surface area contributed by atoms with Gasteiger partial charge in [0.15, 0.2) is 6.29 Å². The van der Waals surface area contributed by atoms with Crippen molar-refractivity contribution in [3.63, 3.8) is 0 Å². The lowest BCUT2D eigenvalue weighted by molar-refractivity contribution is -0.113. The number of aliphatic hydroxyl groups excluding tert-OH is 1. The molecular formula is C9H12N2O4. The smallest absolute Gasteiger partial charge is 0.330 e. The van der Waals surface area contributed by atoms with E-state index in [9.17, 15) is 9.59 Å². The van der Waals surface area contributed by atoms with Gasteiger partial charge in [0.25, 0.3) is 5.56 Å². The lowest BCUT2D eigenvalue weighted by Gasteiger charge is -2.13. The summed E-state index contributed by atoms with van der Waals surface area (Å²) in [5.41, 5.74) is -0.459. The van der Waals surface area contributed by atoms with E-state index in [1.165, 1.54) is 10.8 Å². The Hall–Kier alpha value is -1.40. The number of aryl methyl sites for hydroxylation is 1. The van der Waals surface area contributed by atoms with Crippen LogP contribution in [0.4, 0.5) is 0 Å². The van der Waals surface area contributed by atoms with E-state index in [2.05, 4.69) is 4.98 Å². The van der Waals surface area contributed by atoms with Crippen LogP contribution in [0.25, 0.3) is 0 Å². The first-order chi connectivity index (χ1) is 7.08. The Morgan fingerprint density at radius 1 is 1.53 bits per heavy atom. The number of aromatic amines is 1. The van der Waals surface area contributed by atoms with Crippen LogP contribution in [0.1, 0.15) is 24.6 Å². The second-order valence-corrected chi connectivity index (χ2v) is 3.60. The molecule has 1 aliphatic heterocycles. The Balaban J connectivity index is 2.41. The molecule has 2 atom stereocenters. The minimum atomic E-state index is -0.825. The zero-order valence-electron chi connectivity index (χ0n) is 8.27. The van der Waals surface area contributed by atoms with E-state index in [4.69, 9.17) is 9.84 Å². The van der Waals surface area contributed by atoms with Crippen molar-refractivity contribution in [1.29, 1.82) is 0 Å². The molecule has 0 aromatic carbocycles. The van der Waals surface area contributed by atoms with Gasteiger partial charge in [-0.2, -0.15) is 0 Å². The van der Waals surface area contributed by atoms with Gasteiger partial charge in [-0.05, 0) is 13.3 Å². The molecule has 6 nitrogen and oxygen atoms in total. The topological polar surface area (TPSA) is 84.3 Å². The molecule has 0 amide bonds. The Bertz CT molecular complexity index is 476. The van der Waals surface area contributed by atoms with Crippen LogP contribution in [0.2, 0.25) is 0 Å². The zero-order valence-corrected chi connectivity index (χ0v) is 8.27. The molecule has 15 heavy (non-hydrogen) atoms. The monoisotopic (exact) mass is 212 g/mol. The quantitative estimate of drug-likeness (QED) is 0.655. The Morgan fingerprint density at radius 2 is 2.27 bits per heavy atom. The van der Waals surface area contributed by atoms with Gasteiger partial charge < -0.3 is 9.84 Å². The fraction of sp³-hybridized carbons (Fsp3) is 0.556. The van der Waals surface area contributed by atoms with Gasteiger partial charge in [0.1, 0.15) is 6.23 Å². The van der Waals surface area contributed by atoms with Crippen molar-refractivity contribution in [3.8, 4) is 0 Å². The number of H-pyrrole nitrogens is 1. The molecule has 1 aromatic rings. The van der Waals surface area contributed by atoms with Gasteiger partial charge >= 0.3 is 5.69 Å². The molecule has 1 saturated heterocycles. The maximum atomic E-state index is 11.4. The number of nitrogens with zero attached hydrogens (tertiary/aromatic N) is 1. The number of aromatic nitrogens is 2. The van der Waals surface area contributed by atoms with Crippen LogP contribution in [-0.4, -0.2) is 20.9 Å². The van der Waals surface area contributed by atoms with Crippen molar-refractivity contribution in [3.05, 3.63) is 32.6 Å². The van der Waals surface area contributed by atoms with E-state index < -0.39 is 23.8 Å². The van der Waals surface area contributed by atoms with E-state index in [1.54, 1.807) is 6.92 Å². The van der Waals surface area contributed by atoms with E-state index in [-0.39, 0.29) is 0 Å². The number of hydrogen-bond acceptors (Lipinski definition) is 4. The highest BCUT2D eigenvalue weighted by molar-refractivity contribution is 5.01. The van der Waals surface area contributed by atoms with Crippen molar-refractivity contribution in [2.24, 2.45) is 0 Å². The highest BCUT2D eigenvalue weighted by Crippen LogP contribution is 2.24. The van der Waals surface area contributed by atoms with Gasteiger partial charge in [0, 0.05) is 18.2 Å². The molecule has 1 fully saturated rings. The SMILES string of the molecule is Cc1cn([C@H]2CC[C@@H](O)O2)c(=O)[nH]c1=O. The minimum Gasteiger partial charge on any atom is -0.368 e. The third-order valence-corrected chi connectivity index (χ3v) is 2.43. The summed E-state index contributed by atoms with van der Waals surface area (Å²) in [7, 11) is 0. The molecule has 2 rings (SSSR count). The highest BCUT2D eigenvalue weighted by atomic mass is 16.6. The van der Waals surface area contributed by atoms with Crippen molar-refractivity contribution >= 4 is 0 Å². The molecule has 0 unspecified atom stereocenters. The summed E-state index contributed by atoms with van der Waals surface area (Å²) in [4.78, 5) is 24.7. The lowest BCUT2D eigenvalue weighted by atomic mass is 10.3. The Kier molecular flexibility index (Phi) is 2.45. The third kappa shape index (κ3) is 1.86. The van der Waals surface area contributed by atoms with Gasteiger partial charge in [-0.3, -0.25) is 14.3 Å². The number of ether oxygens (including phenoxy) is 1. The summed E-state index contributed by atoms with van der Waals surface area (Å²) >= 11 is 0. The molecule has 1 aromatic heterocycles. The average Bonchev–Trinajstić information content (AvgIpc) is 2.58. The number of aliphatic hydroxyl groups is 1. The molecule has 0 spiro atoms. The van der Waals surface area contributed by atoms with Crippen LogP contribution in [-0.2, 0) is 4.74 Å². The molecule has 82 valence electrons. The minimum absolute atomic E-state index is 0.394. The van der Waals surface area contributed by atoms with Crippen molar-refractivity contribution in [2.45, 2.75) is 32.3 Å². The molecule has 2 heterocycles. The number of hydrogen-bond donors (Lipinski definition) is 2. The van der Waals surface area contributed by atoms with Gasteiger partial charge in [0.2, 0.25) is 0 Å². The second kappa shape index (κ2) is 3.63. The molecule has 6 heteroatoms. The van der Waals surface area contributed by atoms with Crippen molar-refractivity contribution in [2.75, 3.05) is 0 Å². The van der Waals surface area contributed by atoms with Crippen molar-refractivity contribution < 1.29 is 9.84 Å². The van der Waals surface area contributed by atoms with Gasteiger partial charge in [-0.15, -0.1) is 0 Å². The van der Waals surface area contributed by atoms with Crippen LogP contribution in [0, 0.1) is 6.92 Å².